The van der Waals surface area contributed by atoms with E-state index in [1.807, 2.05) is 32.0 Å². The molecule has 2 atom stereocenters. The average molecular weight is 332 g/mol. The molecule has 0 aliphatic carbocycles. The second-order valence-electron chi connectivity index (χ2n) is 6.55. The number of piperidine rings is 1. The molecule has 0 bridgehead atoms. The number of hydrogen-bond donors (Lipinski definition) is 2. The molecular formula is C19H25FN2O2. The summed E-state index contributed by atoms with van der Waals surface area (Å²) in [5.41, 5.74) is 1.97. The molecule has 2 heterocycles. The first-order valence-electron chi connectivity index (χ1n) is 8.56. The Hall–Kier alpha value is -1.85. The maximum absolute atomic E-state index is 13.8. The summed E-state index contributed by atoms with van der Waals surface area (Å²) in [5.74, 6) is 0.631. The third-order valence-electron chi connectivity index (χ3n) is 4.73. The zero-order valence-corrected chi connectivity index (χ0v) is 14.2. The normalized spacial score (nSPS) is 18.6. The van der Waals surface area contributed by atoms with Crippen molar-refractivity contribution in [2.75, 3.05) is 18.0 Å². The summed E-state index contributed by atoms with van der Waals surface area (Å²) in [7, 11) is 0. The van der Waals surface area contributed by atoms with Crippen LogP contribution >= 0.6 is 0 Å². The first kappa shape index (κ1) is 17.0. The summed E-state index contributed by atoms with van der Waals surface area (Å²) in [6.07, 6.45) is 2.94. The van der Waals surface area contributed by atoms with Crippen LogP contribution in [0, 0.1) is 5.82 Å². The molecule has 0 radical (unpaired) electrons. The van der Waals surface area contributed by atoms with Crippen molar-refractivity contribution in [1.82, 2.24) is 5.32 Å². The van der Waals surface area contributed by atoms with Gasteiger partial charge in [0.1, 0.15) is 11.6 Å². The van der Waals surface area contributed by atoms with E-state index in [1.54, 1.807) is 12.3 Å². The van der Waals surface area contributed by atoms with Gasteiger partial charge < -0.3 is 19.7 Å². The predicted octanol–water partition coefficient (Wildman–Crippen LogP) is 3.79. The molecule has 3 rings (SSSR count). The van der Waals surface area contributed by atoms with Crippen LogP contribution in [-0.2, 0) is 0 Å². The SMILES string of the molecule is C[C@H](N[C@H](C)c1ccco1)c1cc(F)ccc1N1CCC(O)CC1. The van der Waals surface area contributed by atoms with Crippen LogP contribution < -0.4 is 10.2 Å². The van der Waals surface area contributed by atoms with Gasteiger partial charge in [-0.05, 0) is 62.6 Å². The molecule has 4 nitrogen and oxygen atoms in total. The summed E-state index contributed by atoms with van der Waals surface area (Å²) in [4.78, 5) is 2.23. The molecule has 0 amide bonds. The minimum absolute atomic E-state index is 0.0253. The molecule has 130 valence electrons. The van der Waals surface area contributed by atoms with Gasteiger partial charge in [0.05, 0.1) is 18.4 Å². The third-order valence-corrected chi connectivity index (χ3v) is 4.73. The molecule has 0 spiro atoms. The van der Waals surface area contributed by atoms with Gasteiger partial charge in [-0.2, -0.15) is 0 Å². The van der Waals surface area contributed by atoms with E-state index in [4.69, 9.17) is 4.42 Å². The Bertz CT molecular complexity index is 651. The van der Waals surface area contributed by atoms with Crippen LogP contribution in [0.4, 0.5) is 10.1 Å². The molecular weight excluding hydrogens is 307 g/mol. The Morgan fingerprint density at radius 1 is 1.21 bits per heavy atom. The molecule has 2 N–H and O–H groups in total. The zero-order valence-electron chi connectivity index (χ0n) is 14.2. The van der Waals surface area contributed by atoms with Crippen LogP contribution in [0.1, 0.15) is 50.1 Å². The van der Waals surface area contributed by atoms with Crippen LogP contribution in [0.2, 0.25) is 0 Å². The minimum Gasteiger partial charge on any atom is -0.468 e. The summed E-state index contributed by atoms with van der Waals surface area (Å²) in [5, 5.41) is 13.2. The van der Waals surface area contributed by atoms with Crippen molar-refractivity contribution in [2.24, 2.45) is 0 Å². The minimum atomic E-state index is -0.231. The van der Waals surface area contributed by atoms with E-state index in [9.17, 15) is 9.50 Å². The molecule has 1 aliphatic heterocycles. The lowest BCUT2D eigenvalue weighted by Crippen LogP contribution is -2.37. The van der Waals surface area contributed by atoms with E-state index in [0.29, 0.717) is 0 Å². The van der Waals surface area contributed by atoms with Gasteiger partial charge in [0, 0.05) is 24.8 Å². The number of hydrogen-bond acceptors (Lipinski definition) is 4. The number of benzene rings is 1. The molecule has 0 unspecified atom stereocenters. The van der Waals surface area contributed by atoms with Gasteiger partial charge in [-0.15, -0.1) is 0 Å². The summed E-state index contributed by atoms with van der Waals surface area (Å²) in [6, 6.07) is 8.77. The lowest BCUT2D eigenvalue weighted by atomic mass is 10.0. The van der Waals surface area contributed by atoms with Gasteiger partial charge in [-0.3, -0.25) is 0 Å². The first-order chi connectivity index (χ1) is 11.5. The molecule has 1 saturated heterocycles. The quantitative estimate of drug-likeness (QED) is 0.874. The van der Waals surface area contributed by atoms with E-state index >= 15 is 0 Å². The molecule has 0 saturated carbocycles. The molecule has 1 fully saturated rings. The van der Waals surface area contributed by atoms with Gasteiger partial charge >= 0.3 is 0 Å². The fraction of sp³-hybridized carbons (Fsp3) is 0.474. The topological polar surface area (TPSA) is 48.6 Å². The van der Waals surface area contributed by atoms with Crippen molar-refractivity contribution in [3.8, 4) is 0 Å². The number of aliphatic hydroxyl groups is 1. The number of furan rings is 1. The van der Waals surface area contributed by atoms with Crippen molar-refractivity contribution < 1.29 is 13.9 Å². The van der Waals surface area contributed by atoms with Crippen LogP contribution in [0.15, 0.2) is 41.0 Å². The van der Waals surface area contributed by atoms with Crippen LogP contribution in [0.5, 0.6) is 0 Å². The number of halogens is 1. The van der Waals surface area contributed by atoms with Crippen molar-refractivity contribution in [3.05, 3.63) is 53.7 Å². The zero-order chi connectivity index (χ0) is 17.1. The average Bonchev–Trinajstić information content (AvgIpc) is 3.10. The summed E-state index contributed by atoms with van der Waals surface area (Å²) >= 11 is 0. The Balaban J connectivity index is 1.79. The second-order valence-corrected chi connectivity index (χ2v) is 6.55. The lowest BCUT2D eigenvalue weighted by molar-refractivity contribution is 0.145. The fourth-order valence-corrected chi connectivity index (χ4v) is 3.35. The molecule has 1 aliphatic rings. The number of rotatable bonds is 5. The van der Waals surface area contributed by atoms with Crippen molar-refractivity contribution >= 4 is 5.69 Å². The fourth-order valence-electron chi connectivity index (χ4n) is 3.35. The van der Waals surface area contributed by atoms with E-state index in [0.717, 1.165) is 42.9 Å². The van der Waals surface area contributed by atoms with Crippen molar-refractivity contribution in [3.63, 3.8) is 0 Å². The predicted molar refractivity (Wildman–Crippen MR) is 92.5 cm³/mol. The van der Waals surface area contributed by atoms with E-state index in [2.05, 4.69) is 10.2 Å². The van der Waals surface area contributed by atoms with E-state index in [-0.39, 0.29) is 24.0 Å². The first-order valence-corrected chi connectivity index (χ1v) is 8.56. The van der Waals surface area contributed by atoms with Gasteiger partial charge in [0.15, 0.2) is 0 Å². The lowest BCUT2D eigenvalue weighted by Gasteiger charge is -2.34. The second kappa shape index (κ2) is 7.36. The highest BCUT2D eigenvalue weighted by Gasteiger charge is 2.22. The van der Waals surface area contributed by atoms with Crippen molar-refractivity contribution in [1.29, 1.82) is 0 Å². The summed E-state index contributed by atoms with van der Waals surface area (Å²) in [6.45, 7) is 5.66. The number of nitrogens with zero attached hydrogens (tertiary/aromatic N) is 1. The monoisotopic (exact) mass is 332 g/mol. The van der Waals surface area contributed by atoms with Crippen LogP contribution in [0.3, 0.4) is 0 Å². The van der Waals surface area contributed by atoms with E-state index < -0.39 is 0 Å². The maximum atomic E-state index is 13.8. The van der Waals surface area contributed by atoms with Gasteiger partial charge in [0.2, 0.25) is 0 Å². The smallest absolute Gasteiger partial charge is 0.123 e. The Kier molecular flexibility index (Phi) is 5.21. The number of nitrogens with one attached hydrogen (secondary N) is 1. The van der Waals surface area contributed by atoms with E-state index in [1.165, 1.54) is 6.07 Å². The molecule has 1 aromatic heterocycles. The highest BCUT2D eigenvalue weighted by Crippen LogP contribution is 2.31. The van der Waals surface area contributed by atoms with Crippen molar-refractivity contribution in [2.45, 2.75) is 44.9 Å². The van der Waals surface area contributed by atoms with Gasteiger partial charge in [-0.1, -0.05) is 0 Å². The Morgan fingerprint density at radius 3 is 2.62 bits per heavy atom. The number of anilines is 1. The molecule has 2 aromatic rings. The number of aliphatic hydroxyl groups excluding tert-OH is 1. The third kappa shape index (κ3) is 3.79. The molecule has 24 heavy (non-hydrogen) atoms. The highest BCUT2D eigenvalue weighted by atomic mass is 19.1. The highest BCUT2D eigenvalue weighted by molar-refractivity contribution is 5.55. The van der Waals surface area contributed by atoms with Crippen LogP contribution in [-0.4, -0.2) is 24.3 Å². The van der Waals surface area contributed by atoms with Gasteiger partial charge in [0.25, 0.3) is 0 Å². The molecule has 1 aromatic carbocycles. The Morgan fingerprint density at radius 2 is 1.96 bits per heavy atom. The molecule has 5 heteroatoms. The van der Waals surface area contributed by atoms with Crippen LogP contribution in [0.25, 0.3) is 0 Å². The van der Waals surface area contributed by atoms with Gasteiger partial charge in [-0.25, -0.2) is 4.39 Å². The standard InChI is InChI=1S/C19H25FN2O2/c1-13(21-14(2)19-4-3-11-24-19)17-12-15(20)5-6-18(17)22-9-7-16(23)8-10-22/h3-6,11-14,16,21,23H,7-10H2,1-2H3/t13-,14+/m0/s1. The summed E-state index contributed by atoms with van der Waals surface area (Å²) < 4.78 is 19.3. The Labute approximate surface area is 142 Å². The maximum Gasteiger partial charge on any atom is 0.123 e. The largest absolute Gasteiger partial charge is 0.468 e.